The van der Waals surface area contributed by atoms with Crippen molar-refractivity contribution in [1.82, 2.24) is 35.5 Å². The summed E-state index contributed by atoms with van der Waals surface area (Å²) in [4.78, 5) is 30.7. The quantitative estimate of drug-likeness (QED) is 0.237. The number of carbonyl (C=O) groups excluding carboxylic acids is 1. The molecule has 7 heterocycles. The highest BCUT2D eigenvalue weighted by atomic mass is 32.1. The Bertz CT molecular complexity index is 1830. The molecule has 0 unspecified atom stereocenters. The number of ketones is 1. The number of rotatable bonds is 6. The molecule has 10 heteroatoms. The Kier molecular flexibility index (Phi) is 5.90. The minimum atomic E-state index is 0.0669. The predicted octanol–water partition coefficient (Wildman–Crippen LogP) is 5.63. The Balaban J connectivity index is 1.25. The molecule has 0 atom stereocenters. The number of fused-ring (bicyclic) bond motifs is 2. The molecule has 1 aliphatic heterocycles. The summed E-state index contributed by atoms with van der Waals surface area (Å²) < 4.78 is 6.20. The summed E-state index contributed by atoms with van der Waals surface area (Å²) in [5.41, 5.74) is 5.92. The van der Waals surface area contributed by atoms with Gasteiger partial charge < -0.3 is 15.0 Å². The van der Waals surface area contributed by atoms with Gasteiger partial charge >= 0.3 is 0 Å². The van der Waals surface area contributed by atoms with E-state index in [2.05, 4.69) is 41.5 Å². The van der Waals surface area contributed by atoms with Crippen LogP contribution >= 0.6 is 11.3 Å². The van der Waals surface area contributed by atoms with Crippen molar-refractivity contribution in [2.75, 3.05) is 13.1 Å². The maximum atomic E-state index is 11.8. The average molecular weight is 536 g/mol. The van der Waals surface area contributed by atoms with E-state index in [-0.39, 0.29) is 11.9 Å². The zero-order valence-corrected chi connectivity index (χ0v) is 22.0. The Morgan fingerprint density at radius 2 is 1.92 bits per heavy atom. The smallest absolute Gasteiger partial charge is 0.169 e. The van der Waals surface area contributed by atoms with Gasteiger partial charge in [0.1, 0.15) is 23.2 Å². The summed E-state index contributed by atoms with van der Waals surface area (Å²) in [7, 11) is 0. The number of piperidine rings is 1. The van der Waals surface area contributed by atoms with Crippen molar-refractivity contribution in [3.63, 3.8) is 0 Å². The van der Waals surface area contributed by atoms with Crippen molar-refractivity contribution in [3.8, 4) is 38.8 Å². The van der Waals surface area contributed by atoms with Gasteiger partial charge in [0.15, 0.2) is 5.78 Å². The van der Waals surface area contributed by atoms with E-state index in [4.69, 9.17) is 4.74 Å². The number of thiophene rings is 1. The first-order chi connectivity index (χ1) is 19.1. The molecule has 0 bridgehead atoms. The maximum absolute atomic E-state index is 11.8. The monoisotopic (exact) mass is 535 g/mol. The predicted molar refractivity (Wildman–Crippen MR) is 152 cm³/mol. The number of hydrogen-bond acceptors (Lipinski definition) is 8. The molecule has 0 aliphatic carbocycles. The van der Waals surface area contributed by atoms with Crippen LogP contribution < -0.4 is 10.1 Å². The third kappa shape index (κ3) is 4.47. The molecule has 7 rings (SSSR count). The average Bonchev–Trinajstić information content (AvgIpc) is 3.71. The number of aromatic nitrogens is 6. The summed E-state index contributed by atoms with van der Waals surface area (Å²) in [6.45, 7) is 3.53. The van der Waals surface area contributed by atoms with Crippen LogP contribution in [0.5, 0.6) is 5.75 Å². The third-order valence-electron chi connectivity index (χ3n) is 7.05. The second-order valence-electron chi connectivity index (χ2n) is 9.69. The maximum Gasteiger partial charge on any atom is 0.169 e. The van der Waals surface area contributed by atoms with Crippen molar-refractivity contribution < 1.29 is 9.53 Å². The molecule has 6 aromatic heterocycles. The normalized spacial score (nSPS) is 14.3. The van der Waals surface area contributed by atoms with E-state index in [1.165, 1.54) is 11.3 Å². The van der Waals surface area contributed by atoms with Crippen LogP contribution in [0.15, 0.2) is 61.2 Å². The number of aromatic amines is 2. The molecule has 6 aromatic rings. The Morgan fingerprint density at radius 1 is 1.03 bits per heavy atom. The number of ether oxygens (including phenoxy) is 1. The van der Waals surface area contributed by atoms with Crippen LogP contribution in [0.1, 0.15) is 29.4 Å². The highest BCUT2D eigenvalue weighted by Crippen LogP contribution is 2.36. The van der Waals surface area contributed by atoms with Crippen molar-refractivity contribution >= 4 is 39.1 Å². The van der Waals surface area contributed by atoms with Gasteiger partial charge in [-0.2, -0.15) is 5.10 Å². The molecular formula is C29H25N7O2S. The molecule has 0 saturated carbocycles. The van der Waals surface area contributed by atoms with Crippen molar-refractivity contribution in [1.29, 1.82) is 0 Å². The molecule has 1 saturated heterocycles. The summed E-state index contributed by atoms with van der Waals surface area (Å²) in [6.07, 6.45) is 9.30. The second-order valence-corrected chi connectivity index (χ2v) is 10.8. The van der Waals surface area contributed by atoms with Gasteiger partial charge in [0.2, 0.25) is 0 Å². The summed E-state index contributed by atoms with van der Waals surface area (Å²) >= 11 is 1.49. The van der Waals surface area contributed by atoms with Gasteiger partial charge in [-0.1, -0.05) is 0 Å². The van der Waals surface area contributed by atoms with E-state index in [1.807, 2.05) is 30.3 Å². The number of H-pyrrole nitrogens is 2. The lowest BCUT2D eigenvalue weighted by atomic mass is 10.1. The zero-order chi connectivity index (χ0) is 26.3. The lowest BCUT2D eigenvalue weighted by molar-refractivity contribution is 0.102. The highest BCUT2D eigenvalue weighted by molar-refractivity contribution is 7.17. The first-order valence-corrected chi connectivity index (χ1v) is 13.7. The van der Waals surface area contributed by atoms with Crippen LogP contribution in [0, 0.1) is 0 Å². The van der Waals surface area contributed by atoms with Gasteiger partial charge in [-0.25, -0.2) is 4.98 Å². The standard InChI is InChI=1S/C29H25N7O2S/c1-16(37)26-2-3-27(39-26)20-6-9-32-29-21(20)11-24(34-29)28-22-12-23(33-15-25(22)35-36-28)17-10-19(14-31-13-17)38-18-4-7-30-8-5-18/h2-3,6,9-15,18,30H,4-5,7-8H2,1H3,(H,32,34)(H,35,36). The zero-order valence-electron chi connectivity index (χ0n) is 21.2. The van der Waals surface area contributed by atoms with Gasteiger partial charge in [-0.15, -0.1) is 11.3 Å². The molecule has 1 fully saturated rings. The summed E-state index contributed by atoms with van der Waals surface area (Å²) in [5.74, 6) is 0.821. The molecular weight excluding hydrogens is 510 g/mol. The summed E-state index contributed by atoms with van der Waals surface area (Å²) in [5, 5.41) is 13.0. The van der Waals surface area contributed by atoms with Gasteiger partial charge in [0.25, 0.3) is 0 Å². The first kappa shape index (κ1) is 23.7. The molecule has 3 N–H and O–H groups in total. The lowest BCUT2D eigenvalue weighted by Gasteiger charge is -2.23. The largest absolute Gasteiger partial charge is 0.489 e. The SMILES string of the molecule is CC(=O)c1ccc(-c2ccnc3[nH]c(-c4n[nH]c5cnc(-c6cncc(OC7CCNCC7)c6)cc45)cc23)s1. The van der Waals surface area contributed by atoms with Crippen molar-refractivity contribution in [2.45, 2.75) is 25.9 Å². The van der Waals surface area contributed by atoms with Crippen LogP contribution in [0.2, 0.25) is 0 Å². The van der Waals surface area contributed by atoms with E-state index in [0.29, 0.717) is 0 Å². The van der Waals surface area contributed by atoms with Crippen LogP contribution in [0.3, 0.4) is 0 Å². The van der Waals surface area contributed by atoms with E-state index in [1.54, 1.807) is 31.7 Å². The molecule has 1 aliphatic rings. The molecule has 0 radical (unpaired) electrons. The van der Waals surface area contributed by atoms with E-state index in [0.717, 1.165) is 91.6 Å². The Labute approximate surface area is 227 Å². The van der Waals surface area contributed by atoms with Gasteiger partial charge in [-0.05, 0) is 69.3 Å². The van der Waals surface area contributed by atoms with Crippen LogP contribution in [0.25, 0.3) is 55.0 Å². The highest BCUT2D eigenvalue weighted by Gasteiger charge is 2.18. The molecule has 39 heavy (non-hydrogen) atoms. The molecule has 9 nitrogen and oxygen atoms in total. The molecule has 194 valence electrons. The Morgan fingerprint density at radius 3 is 2.77 bits per heavy atom. The van der Waals surface area contributed by atoms with Crippen LogP contribution in [-0.4, -0.2) is 55.1 Å². The van der Waals surface area contributed by atoms with Gasteiger partial charge in [0.05, 0.1) is 34.2 Å². The first-order valence-electron chi connectivity index (χ1n) is 12.9. The fourth-order valence-electron chi connectivity index (χ4n) is 5.05. The summed E-state index contributed by atoms with van der Waals surface area (Å²) in [6, 6.07) is 11.9. The number of Topliss-reactive ketones (excluding diaryl/α,β-unsaturated/α-hetero) is 1. The van der Waals surface area contributed by atoms with Gasteiger partial charge in [0, 0.05) is 39.2 Å². The topological polar surface area (TPSA) is 121 Å². The third-order valence-corrected chi connectivity index (χ3v) is 8.27. The molecule has 0 spiro atoms. The van der Waals surface area contributed by atoms with Gasteiger partial charge in [-0.3, -0.25) is 19.9 Å². The molecule has 0 amide bonds. The number of carbonyl (C=O) groups is 1. The molecule has 0 aromatic carbocycles. The number of hydrogen-bond donors (Lipinski definition) is 3. The van der Waals surface area contributed by atoms with Crippen LogP contribution in [0.4, 0.5) is 0 Å². The Hall–Kier alpha value is -4.41. The minimum Gasteiger partial charge on any atom is -0.489 e. The van der Waals surface area contributed by atoms with E-state index in [9.17, 15) is 4.79 Å². The van der Waals surface area contributed by atoms with Crippen molar-refractivity contribution in [2.24, 2.45) is 0 Å². The number of nitrogens with zero attached hydrogens (tertiary/aromatic N) is 4. The van der Waals surface area contributed by atoms with E-state index < -0.39 is 0 Å². The number of nitrogens with one attached hydrogen (secondary N) is 3. The fourth-order valence-corrected chi connectivity index (χ4v) is 5.99. The van der Waals surface area contributed by atoms with E-state index >= 15 is 0 Å². The van der Waals surface area contributed by atoms with Crippen molar-refractivity contribution in [3.05, 3.63) is 66.1 Å². The second kappa shape index (κ2) is 9.72. The lowest BCUT2D eigenvalue weighted by Crippen LogP contribution is -2.34. The van der Waals surface area contributed by atoms with Crippen LogP contribution in [-0.2, 0) is 0 Å². The fraction of sp³-hybridized carbons (Fsp3) is 0.207. The minimum absolute atomic E-state index is 0.0669. The number of pyridine rings is 3.